The smallest absolute Gasteiger partial charge is 0.332 e. The molecule has 0 saturated heterocycles. The average molecular weight is 157 g/mol. The van der Waals surface area contributed by atoms with Crippen LogP contribution in [0.1, 0.15) is 19.8 Å². The molecule has 0 aromatic heterocycles. The van der Waals surface area contributed by atoms with Gasteiger partial charge in [-0.15, -0.1) is 0 Å². The Labute approximate surface area is 65.4 Å². The summed E-state index contributed by atoms with van der Waals surface area (Å²) in [7, 11) is 0. The monoisotopic (exact) mass is 157 g/mol. The zero-order chi connectivity index (χ0) is 8.69. The largest absolute Gasteiger partial charge is 0.479 e. The first-order chi connectivity index (χ1) is 5.18. The molecule has 0 radical (unpaired) electrons. The maximum atomic E-state index is 10.2. The quantitative estimate of drug-likeness (QED) is 0.598. The number of hydrogen-bond donors (Lipinski definition) is 1. The van der Waals surface area contributed by atoms with Gasteiger partial charge in [0.25, 0.3) is 0 Å². The minimum absolute atomic E-state index is 0.334. The number of nitriles is 1. The third-order valence-electron chi connectivity index (χ3n) is 1.15. The van der Waals surface area contributed by atoms with Gasteiger partial charge in [-0.05, 0) is 13.3 Å². The standard InChI is InChI=1S/C7H11NO3/c1-6(7(9)10)11-5-3-2-4-8/h6H,2-3,5H2,1H3,(H,9,10)/t6-/m1/s1. The maximum Gasteiger partial charge on any atom is 0.332 e. The molecule has 0 unspecified atom stereocenters. The van der Waals surface area contributed by atoms with E-state index in [0.29, 0.717) is 19.4 Å². The van der Waals surface area contributed by atoms with Gasteiger partial charge in [-0.3, -0.25) is 0 Å². The molecule has 0 aromatic carbocycles. The fourth-order valence-electron chi connectivity index (χ4n) is 0.483. The lowest BCUT2D eigenvalue weighted by molar-refractivity contribution is -0.149. The highest BCUT2D eigenvalue weighted by molar-refractivity contribution is 5.71. The molecule has 1 N–H and O–H groups in total. The van der Waals surface area contributed by atoms with Gasteiger partial charge in [0.15, 0.2) is 6.10 Å². The van der Waals surface area contributed by atoms with Crippen LogP contribution in [0, 0.1) is 11.3 Å². The lowest BCUT2D eigenvalue weighted by atomic mass is 10.3. The van der Waals surface area contributed by atoms with Gasteiger partial charge in [-0.1, -0.05) is 0 Å². The van der Waals surface area contributed by atoms with Crippen molar-refractivity contribution >= 4 is 5.97 Å². The zero-order valence-corrected chi connectivity index (χ0v) is 6.41. The van der Waals surface area contributed by atoms with Crippen LogP contribution in [0.4, 0.5) is 0 Å². The second-order valence-corrected chi connectivity index (χ2v) is 2.11. The van der Waals surface area contributed by atoms with Crippen LogP contribution in [0.3, 0.4) is 0 Å². The molecule has 0 aromatic rings. The van der Waals surface area contributed by atoms with E-state index in [0.717, 1.165) is 0 Å². The highest BCUT2D eigenvalue weighted by Crippen LogP contribution is 1.94. The second-order valence-electron chi connectivity index (χ2n) is 2.11. The van der Waals surface area contributed by atoms with E-state index in [2.05, 4.69) is 0 Å². The summed E-state index contributed by atoms with van der Waals surface area (Å²) in [6, 6.07) is 1.94. The first-order valence-corrected chi connectivity index (χ1v) is 3.40. The Morgan fingerprint density at radius 3 is 2.91 bits per heavy atom. The molecule has 0 bridgehead atoms. The molecule has 11 heavy (non-hydrogen) atoms. The van der Waals surface area contributed by atoms with Crippen LogP contribution in [0.2, 0.25) is 0 Å². The van der Waals surface area contributed by atoms with E-state index in [-0.39, 0.29) is 0 Å². The summed E-state index contributed by atoms with van der Waals surface area (Å²) in [6.45, 7) is 1.80. The number of nitrogens with zero attached hydrogens (tertiary/aromatic N) is 1. The molecule has 0 aliphatic carbocycles. The molecule has 62 valence electrons. The van der Waals surface area contributed by atoms with Crippen LogP contribution in [0.25, 0.3) is 0 Å². The van der Waals surface area contributed by atoms with E-state index in [4.69, 9.17) is 15.1 Å². The molecule has 0 amide bonds. The first-order valence-electron chi connectivity index (χ1n) is 3.40. The van der Waals surface area contributed by atoms with E-state index < -0.39 is 12.1 Å². The Balaban J connectivity index is 3.26. The van der Waals surface area contributed by atoms with E-state index in [9.17, 15) is 4.79 Å². The van der Waals surface area contributed by atoms with Crippen LogP contribution in [-0.2, 0) is 9.53 Å². The number of carboxylic acid groups (broad SMARTS) is 1. The van der Waals surface area contributed by atoms with Crippen molar-refractivity contribution in [2.45, 2.75) is 25.9 Å². The first kappa shape index (κ1) is 9.92. The summed E-state index contributed by atoms with van der Waals surface area (Å²) >= 11 is 0. The van der Waals surface area contributed by atoms with Crippen molar-refractivity contribution in [2.24, 2.45) is 0 Å². The fourth-order valence-corrected chi connectivity index (χ4v) is 0.483. The molecule has 0 aliphatic heterocycles. The molecule has 0 spiro atoms. The van der Waals surface area contributed by atoms with Gasteiger partial charge in [-0.2, -0.15) is 5.26 Å². The Bertz CT molecular complexity index is 162. The molecular weight excluding hydrogens is 146 g/mol. The number of rotatable bonds is 5. The van der Waals surface area contributed by atoms with Gasteiger partial charge in [0.1, 0.15) is 0 Å². The topological polar surface area (TPSA) is 70.3 Å². The van der Waals surface area contributed by atoms with E-state index >= 15 is 0 Å². The van der Waals surface area contributed by atoms with Crippen LogP contribution >= 0.6 is 0 Å². The third kappa shape index (κ3) is 5.37. The molecule has 4 nitrogen and oxygen atoms in total. The van der Waals surface area contributed by atoms with Gasteiger partial charge in [0.2, 0.25) is 0 Å². The van der Waals surface area contributed by atoms with Crippen LogP contribution in [-0.4, -0.2) is 23.8 Å². The number of aliphatic carboxylic acids is 1. The predicted octanol–water partition coefficient (Wildman–Crippen LogP) is 0.780. The molecular formula is C7H11NO3. The predicted molar refractivity (Wildman–Crippen MR) is 37.9 cm³/mol. The Kier molecular flexibility index (Phi) is 5.13. The summed E-state index contributed by atoms with van der Waals surface area (Å²) < 4.78 is 4.85. The lowest BCUT2D eigenvalue weighted by Crippen LogP contribution is -2.20. The van der Waals surface area contributed by atoms with Crippen molar-refractivity contribution in [3.63, 3.8) is 0 Å². The third-order valence-corrected chi connectivity index (χ3v) is 1.15. The molecule has 1 atom stereocenters. The van der Waals surface area contributed by atoms with Crippen molar-refractivity contribution in [3.05, 3.63) is 0 Å². The van der Waals surface area contributed by atoms with Crippen molar-refractivity contribution in [1.82, 2.24) is 0 Å². The number of carboxylic acids is 1. The minimum Gasteiger partial charge on any atom is -0.479 e. The van der Waals surface area contributed by atoms with Gasteiger partial charge in [0.05, 0.1) is 6.07 Å². The summed E-state index contributed by atoms with van der Waals surface area (Å²) in [4.78, 5) is 10.2. The average Bonchev–Trinajstić information content (AvgIpc) is 1.97. The van der Waals surface area contributed by atoms with Crippen molar-refractivity contribution < 1.29 is 14.6 Å². The Hall–Kier alpha value is -1.08. The summed E-state index contributed by atoms with van der Waals surface area (Å²) in [5.41, 5.74) is 0. The molecule has 0 aliphatic rings. The van der Waals surface area contributed by atoms with Crippen LogP contribution in [0.5, 0.6) is 0 Å². The Morgan fingerprint density at radius 2 is 2.45 bits per heavy atom. The molecule has 0 heterocycles. The van der Waals surface area contributed by atoms with E-state index in [1.807, 2.05) is 6.07 Å². The van der Waals surface area contributed by atoms with Gasteiger partial charge in [-0.25, -0.2) is 4.79 Å². The van der Waals surface area contributed by atoms with Crippen molar-refractivity contribution in [3.8, 4) is 6.07 Å². The number of hydrogen-bond acceptors (Lipinski definition) is 3. The van der Waals surface area contributed by atoms with Crippen LogP contribution < -0.4 is 0 Å². The van der Waals surface area contributed by atoms with Crippen LogP contribution in [0.15, 0.2) is 0 Å². The molecule has 0 fully saturated rings. The van der Waals surface area contributed by atoms with Gasteiger partial charge in [0, 0.05) is 13.0 Å². The van der Waals surface area contributed by atoms with E-state index in [1.165, 1.54) is 6.92 Å². The van der Waals surface area contributed by atoms with E-state index in [1.54, 1.807) is 0 Å². The van der Waals surface area contributed by atoms with Gasteiger partial charge < -0.3 is 9.84 Å². The molecule has 0 saturated carbocycles. The molecule has 4 heteroatoms. The second kappa shape index (κ2) is 5.69. The SMILES string of the molecule is C[C@@H](OCCCC#N)C(=O)O. The normalized spacial score (nSPS) is 12.0. The number of carbonyl (C=O) groups is 1. The highest BCUT2D eigenvalue weighted by Gasteiger charge is 2.09. The maximum absolute atomic E-state index is 10.2. The fraction of sp³-hybridized carbons (Fsp3) is 0.714. The zero-order valence-electron chi connectivity index (χ0n) is 6.41. The summed E-state index contributed by atoms with van der Waals surface area (Å²) in [5.74, 6) is -0.970. The lowest BCUT2D eigenvalue weighted by Gasteiger charge is -2.05. The highest BCUT2D eigenvalue weighted by atomic mass is 16.5. The van der Waals surface area contributed by atoms with Crippen molar-refractivity contribution in [2.75, 3.05) is 6.61 Å². The number of ether oxygens (including phenoxy) is 1. The number of unbranched alkanes of at least 4 members (excludes halogenated alkanes) is 1. The Morgan fingerprint density at radius 1 is 1.82 bits per heavy atom. The summed E-state index contributed by atoms with van der Waals surface area (Å²) in [5, 5.41) is 16.5. The minimum atomic E-state index is -0.970. The van der Waals surface area contributed by atoms with Crippen molar-refractivity contribution in [1.29, 1.82) is 5.26 Å². The molecule has 0 rings (SSSR count). The summed E-state index contributed by atoms with van der Waals surface area (Å²) in [6.07, 6.45) is 0.231. The van der Waals surface area contributed by atoms with Gasteiger partial charge >= 0.3 is 5.97 Å².